The molecule has 0 aliphatic rings. The Morgan fingerprint density at radius 3 is 2.73 bits per heavy atom. The minimum Gasteiger partial charge on any atom is -0.360 e. The lowest BCUT2D eigenvalue weighted by molar-refractivity contribution is 0.756. The third-order valence-electron chi connectivity index (χ3n) is 3.28. The van der Waals surface area contributed by atoms with E-state index in [1.54, 1.807) is 6.07 Å². The van der Waals surface area contributed by atoms with Crippen molar-refractivity contribution in [2.45, 2.75) is 26.7 Å². The molecule has 1 aromatic heterocycles. The van der Waals surface area contributed by atoms with Crippen LogP contribution in [0, 0.1) is 6.92 Å². The van der Waals surface area contributed by atoms with Crippen molar-refractivity contribution in [2.75, 3.05) is 23.8 Å². The molecule has 0 saturated carbocycles. The maximum atomic E-state index is 6.21. The third kappa shape index (κ3) is 4.24. The molecule has 0 bridgehead atoms. The molecule has 0 saturated heterocycles. The predicted molar refractivity (Wildman–Crippen MR) is 94.7 cm³/mol. The SMILES string of the molecule is CCCCN(C)c1cc(Nc2cccc(Cl)c2Cl)nc(C)n1. The van der Waals surface area contributed by atoms with E-state index in [0.717, 1.165) is 30.9 Å². The number of rotatable bonds is 6. The molecule has 0 amide bonds. The Morgan fingerprint density at radius 1 is 1.23 bits per heavy atom. The normalized spacial score (nSPS) is 10.6. The van der Waals surface area contributed by atoms with Gasteiger partial charge in [0.2, 0.25) is 0 Å². The van der Waals surface area contributed by atoms with Gasteiger partial charge in [0, 0.05) is 19.7 Å². The van der Waals surface area contributed by atoms with Crippen LogP contribution in [0.1, 0.15) is 25.6 Å². The Balaban J connectivity index is 2.24. The lowest BCUT2D eigenvalue weighted by Crippen LogP contribution is -2.20. The number of benzene rings is 1. The Bertz CT molecular complexity index is 646. The van der Waals surface area contributed by atoms with Crippen LogP contribution in [0.15, 0.2) is 24.3 Å². The van der Waals surface area contributed by atoms with E-state index in [4.69, 9.17) is 23.2 Å². The molecule has 0 radical (unpaired) electrons. The number of halogens is 2. The maximum Gasteiger partial charge on any atom is 0.136 e. The zero-order chi connectivity index (χ0) is 16.1. The number of nitrogens with one attached hydrogen (secondary N) is 1. The minimum atomic E-state index is 0.487. The monoisotopic (exact) mass is 338 g/mol. The van der Waals surface area contributed by atoms with Gasteiger partial charge in [-0.25, -0.2) is 9.97 Å². The predicted octanol–water partition coefficient (Wildman–Crippen LogP) is 5.07. The lowest BCUT2D eigenvalue weighted by atomic mass is 10.3. The summed E-state index contributed by atoms with van der Waals surface area (Å²) in [6.45, 7) is 5.01. The first-order valence-electron chi connectivity index (χ1n) is 7.29. The van der Waals surface area contributed by atoms with Crippen molar-refractivity contribution in [1.29, 1.82) is 0 Å². The highest BCUT2D eigenvalue weighted by Gasteiger charge is 2.09. The molecule has 2 aromatic rings. The summed E-state index contributed by atoms with van der Waals surface area (Å²) in [5.41, 5.74) is 0.731. The molecule has 2 rings (SSSR count). The average molecular weight is 339 g/mol. The summed E-state index contributed by atoms with van der Waals surface area (Å²) in [6.07, 6.45) is 2.28. The Kier molecular flexibility index (Phi) is 5.86. The second kappa shape index (κ2) is 7.65. The summed E-state index contributed by atoms with van der Waals surface area (Å²) in [6, 6.07) is 7.38. The molecule has 1 N–H and O–H groups in total. The molecule has 4 nitrogen and oxygen atoms in total. The summed E-state index contributed by atoms with van der Waals surface area (Å²) in [5, 5.41) is 4.21. The van der Waals surface area contributed by atoms with E-state index in [1.807, 2.05) is 32.2 Å². The molecule has 6 heteroatoms. The van der Waals surface area contributed by atoms with Crippen molar-refractivity contribution >= 4 is 40.5 Å². The molecule has 22 heavy (non-hydrogen) atoms. The molecule has 0 fully saturated rings. The van der Waals surface area contributed by atoms with E-state index in [0.29, 0.717) is 21.7 Å². The third-order valence-corrected chi connectivity index (χ3v) is 4.10. The van der Waals surface area contributed by atoms with Gasteiger partial charge >= 0.3 is 0 Å². The standard InChI is InChI=1S/C16H20Cl2N4/c1-4-5-9-22(3)15-10-14(19-11(2)20-15)21-13-8-6-7-12(17)16(13)18/h6-8,10H,4-5,9H2,1-3H3,(H,19,20,21). The lowest BCUT2D eigenvalue weighted by Gasteiger charge is -2.19. The fraction of sp³-hybridized carbons (Fsp3) is 0.375. The molecular weight excluding hydrogens is 319 g/mol. The van der Waals surface area contributed by atoms with E-state index >= 15 is 0 Å². The molecule has 1 aromatic carbocycles. The number of aryl methyl sites for hydroxylation is 1. The Labute approximate surface area is 141 Å². The molecule has 0 aliphatic heterocycles. The Morgan fingerprint density at radius 2 is 2.00 bits per heavy atom. The van der Waals surface area contributed by atoms with Crippen molar-refractivity contribution in [2.24, 2.45) is 0 Å². The molecule has 0 spiro atoms. The van der Waals surface area contributed by atoms with Crippen molar-refractivity contribution in [3.8, 4) is 0 Å². The van der Waals surface area contributed by atoms with Crippen LogP contribution in [-0.4, -0.2) is 23.6 Å². The fourth-order valence-corrected chi connectivity index (χ4v) is 2.41. The van der Waals surface area contributed by atoms with Crippen LogP contribution in [0.5, 0.6) is 0 Å². The second-order valence-electron chi connectivity index (χ2n) is 5.16. The summed E-state index contributed by atoms with van der Waals surface area (Å²) < 4.78 is 0. The largest absolute Gasteiger partial charge is 0.360 e. The summed E-state index contributed by atoms with van der Waals surface area (Å²) in [7, 11) is 2.04. The smallest absolute Gasteiger partial charge is 0.136 e. The minimum absolute atomic E-state index is 0.487. The van der Waals surface area contributed by atoms with Gasteiger partial charge in [0.15, 0.2) is 0 Å². The molecule has 0 aliphatic carbocycles. The molecule has 0 unspecified atom stereocenters. The van der Waals surface area contributed by atoms with Crippen LogP contribution in [0.25, 0.3) is 0 Å². The van der Waals surface area contributed by atoms with Crippen molar-refractivity contribution in [3.63, 3.8) is 0 Å². The van der Waals surface area contributed by atoms with Gasteiger partial charge in [0.25, 0.3) is 0 Å². The highest BCUT2D eigenvalue weighted by atomic mass is 35.5. The molecule has 0 atom stereocenters. The van der Waals surface area contributed by atoms with Gasteiger partial charge in [-0.15, -0.1) is 0 Å². The van der Waals surface area contributed by atoms with Gasteiger partial charge < -0.3 is 10.2 Å². The van der Waals surface area contributed by atoms with Gasteiger partial charge in [-0.1, -0.05) is 42.6 Å². The number of anilines is 3. The zero-order valence-electron chi connectivity index (χ0n) is 13.0. The molecule has 118 valence electrons. The molecular formula is C16H20Cl2N4. The second-order valence-corrected chi connectivity index (χ2v) is 5.95. The summed E-state index contributed by atoms with van der Waals surface area (Å²) in [5.74, 6) is 2.30. The van der Waals surface area contributed by atoms with Gasteiger partial charge in [-0.3, -0.25) is 0 Å². The summed E-state index contributed by atoms with van der Waals surface area (Å²) >= 11 is 12.2. The highest BCUT2D eigenvalue weighted by molar-refractivity contribution is 6.43. The van der Waals surface area contributed by atoms with Gasteiger partial charge in [0.1, 0.15) is 17.5 Å². The van der Waals surface area contributed by atoms with Gasteiger partial charge in [0.05, 0.1) is 15.7 Å². The van der Waals surface area contributed by atoms with E-state index in [9.17, 15) is 0 Å². The number of aromatic nitrogens is 2. The van der Waals surface area contributed by atoms with Crippen molar-refractivity contribution in [3.05, 3.63) is 40.1 Å². The first kappa shape index (κ1) is 16.8. The summed E-state index contributed by atoms with van der Waals surface area (Å²) in [4.78, 5) is 11.0. The average Bonchev–Trinajstić information content (AvgIpc) is 2.49. The first-order chi connectivity index (χ1) is 10.5. The highest BCUT2D eigenvalue weighted by Crippen LogP contribution is 2.31. The van der Waals surface area contributed by atoms with Crippen LogP contribution < -0.4 is 10.2 Å². The number of hydrogen-bond acceptors (Lipinski definition) is 4. The quantitative estimate of drug-likeness (QED) is 0.798. The van der Waals surface area contributed by atoms with Gasteiger partial charge in [-0.05, 0) is 25.5 Å². The molecule has 1 heterocycles. The van der Waals surface area contributed by atoms with Crippen LogP contribution in [0.4, 0.5) is 17.3 Å². The fourth-order valence-electron chi connectivity index (χ4n) is 2.06. The first-order valence-corrected chi connectivity index (χ1v) is 8.04. The van der Waals surface area contributed by atoms with Crippen LogP contribution in [-0.2, 0) is 0 Å². The van der Waals surface area contributed by atoms with Crippen molar-refractivity contribution in [1.82, 2.24) is 9.97 Å². The van der Waals surface area contributed by atoms with E-state index in [2.05, 4.69) is 27.1 Å². The topological polar surface area (TPSA) is 41.0 Å². The van der Waals surface area contributed by atoms with Gasteiger partial charge in [-0.2, -0.15) is 0 Å². The Hall–Kier alpha value is -1.52. The van der Waals surface area contributed by atoms with E-state index in [-0.39, 0.29) is 0 Å². The maximum absolute atomic E-state index is 6.21. The van der Waals surface area contributed by atoms with E-state index in [1.165, 1.54) is 0 Å². The van der Waals surface area contributed by atoms with Crippen molar-refractivity contribution < 1.29 is 0 Å². The number of unbranched alkanes of at least 4 members (excludes halogenated alkanes) is 1. The van der Waals surface area contributed by atoms with E-state index < -0.39 is 0 Å². The van der Waals surface area contributed by atoms with Crippen LogP contribution in [0.2, 0.25) is 10.0 Å². The number of nitrogens with zero attached hydrogens (tertiary/aromatic N) is 3. The number of hydrogen-bond donors (Lipinski definition) is 1. The van der Waals surface area contributed by atoms with Crippen LogP contribution in [0.3, 0.4) is 0 Å². The van der Waals surface area contributed by atoms with Crippen LogP contribution >= 0.6 is 23.2 Å². The zero-order valence-corrected chi connectivity index (χ0v) is 14.5.